The Balaban J connectivity index is 2.05. The summed E-state index contributed by atoms with van der Waals surface area (Å²) in [6.45, 7) is 0. The zero-order valence-electron chi connectivity index (χ0n) is 8.13. The summed E-state index contributed by atoms with van der Waals surface area (Å²) in [5, 5.41) is 0. The van der Waals surface area contributed by atoms with Crippen molar-refractivity contribution in [1.29, 1.82) is 0 Å². The van der Waals surface area contributed by atoms with Gasteiger partial charge in [-0.3, -0.25) is 0 Å². The van der Waals surface area contributed by atoms with Crippen LogP contribution in [0, 0.1) is 5.92 Å². The van der Waals surface area contributed by atoms with Crippen LogP contribution in [-0.2, 0) is 0 Å². The number of nitrogens with zero attached hydrogens (tertiary/aromatic N) is 2. The van der Waals surface area contributed by atoms with Gasteiger partial charge in [-0.2, -0.15) is 0 Å². The van der Waals surface area contributed by atoms with Crippen LogP contribution in [-0.4, -0.2) is 16.0 Å². The molecule has 0 aliphatic heterocycles. The van der Waals surface area contributed by atoms with E-state index in [9.17, 15) is 0 Å². The summed E-state index contributed by atoms with van der Waals surface area (Å²) in [5.41, 5.74) is 11.9. The molecule has 0 radical (unpaired) electrons. The Bertz CT molecular complexity index is 287. The maximum absolute atomic E-state index is 6.08. The molecule has 0 spiro atoms. The quantitative estimate of drug-likeness (QED) is 0.719. The summed E-state index contributed by atoms with van der Waals surface area (Å²) in [4.78, 5) is 8.34. The fraction of sp³-hybridized carbons (Fsp3) is 0.600. The predicted octanol–water partition coefficient (Wildman–Crippen LogP) is 0.604. The van der Waals surface area contributed by atoms with E-state index in [0.29, 0.717) is 12.0 Å². The van der Waals surface area contributed by atoms with E-state index < -0.39 is 0 Å². The Morgan fingerprint density at radius 3 is 2.57 bits per heavy atom. The van der Waals surface area contributed by atoms with Crippen molar-refractivity contribution >= 4 is 0 Å². The third-order valence-electron chi connectivity index (χ3n) is 2.91. The second-order valence-corrected chi connectivity index (χ2v) is 3.97. The molecule has 1 aromatic heterocycles. The molecule has 1 aliphatic carbocycles. The number of nitrogens with two attached hydrogens (primary N) is 2. The van der Waals surface area contributed by atoms with Gasteiger partial charge in [-0.05, 0) is 31.2 Å². The van der Waals surface area contributed by atoms with Crippen molar-refractivity contribution in [3.63, 3.8) is 0 Å². The largest absolute Gasteiger partial charge is 0.328 e. The predicted molar refractivity (Wildman–Crippen MR) is 54.3 cm³/mol. The van der Waals surface area contributed by atoms with Crippen molar-refractivity contribution in [1.82, 2.24) is 9.97 Å². The first-order chi connectivity index (χ1) is 6.77. The van der Waals surface area contributed by atoms with Gasteiger partial charge in [0.2, 0.25) is 0 Å². The number of hydrogen-bond acceptors (Lipinski definition) is 4. The fourth-order valence-electron chi connectivity index (χ4n) is 2.07. The zero-order valence-corrected chi connectivity index (χ0v) is 8.13. The van der Waals surface area contributed by atoms with Crippen molar-refractivity contribution < 1.29 is 0 Å². The molecule has 14 heavy (non-hydrogen) atoms. The molecule has 1 fully saturated rings. The molecular weight excluding hydrogens is 176 g/mol. The highest BCUT2D eigenvalue weighted by Crippen LogP contribution is 2.32. The lowest BCUT2D eigenvalue weighted by Crippen LogP contribution is -2.23. The Kier molecular flexibility index (Phi) is 2.74. The van der Waals surface area contributed by atoms with Crippen LogP contribution in [0.3, 0.4) is 0 Å². The molecule has 0 amide bonds. The molecule has 4 nitrogen and oxygen atoms in total. The van der Waals surface area contributed by atoms with E-state index in [1.54, 1.807) is 18.5 Å². The standard InChI is InChI=1S/C10H16N4/c11-8-3-2-7(6-8)9(12)10-13-4-1-5-14-10/h1,4-5,7-9H,2-3,6,11-12H2/t7-,8+,9?/m0/s1. The molecule has 3 atom stereocenters. The minimum Gasteiger partial charge on any atom is -0.328 e. The summed E-state index contributed by atoms with van der Waals surface area (Å²) < 4.78 is 0. The normalized spacial score (nSPS) is 29.0. The van der Waals surface area contributed by atoms with Crippen LogP contribution in [0.25, 0.3) is 0 Å². The molecule has 2 rings (SSSR count). The zero-order chi connectivity index (χ0) is 9.97. The van der Waals surface area contributed by atoms with E-state index in [1.807, 2.05) is 0 Å². The van der Waals surface area contributed by atoms with Gasteiger partial charge in [-0.1, -0.05) is 0 Å². The van der Waals surface area contributed by atoms with E-state index in [-0.39, 0.29) is 6.04 Å². The van der Waals surface area contributed by atoms with Gasteiger partial charge in [0.15, 0.2) is 0 Å². The second-order valence-electron chi connectivity index (χ2n) is 3.97. The van der Waals surface area contributed by atoms with Gasteiger partial charge >= 0.3 is 0 Å². The Labute approximate surface area is 83.7 Å². The van der Waals surface area contributed by atoms with Gasteiger partial charge in [0, 0.05) is 18.4 Å². The summed E-state index contributed by atoms with van der Waals surface area (Å²) in [7, 11) is 0. The van der Waals surface area contributed by atoms with E-state index in [2.05, 4.69) is 9.97 Å². The molecule has 4 heteroatoms. The summed E-state index contributed by atoms with van der Waals surface area (Å²) in [6.07, 6.45) is 6.64. The average molecular weight is 192 g/mol. The fourth-order valence-corrected chi connectivity index (χ4v) is 2.07. The van der Waals surface area contributed by atoms with E-state index in [1.165, 1.54) is 0 Å². The molecular formula is C10H16N4. The topological polar surface area (TPSA) is 77.8 Å². The first-order valence-corrected chi connectivity index (χ1v) is 5.05. The summed E-state index contributed by atoms with van der Waals surface area (Å²) in [6, 6.07) is 2.07. The smallest absolute Gasteiger partial charge is 0.145 e. The third kappa shape index (κ3) is 1.91. The highest BCUT2D eigenvalue weighted by atomic mass is 14.9. The molecule has 0 saturated heterocycles. The number of aromatic nitrogens is 2. The minimum absolute atomic E-state index is 0.0512. The lowest BCUT2D eigenvalue weighted by Gasteiger charge is -2.16. The summed E-state index contributed by atoms with van der Waals surface area (Å²) in [5.74, 6) is 1.19. The molecule has 1 unspecified atom stereocenters. The maximum Gasteiger partial charge on any atom is 0.145 e. The van der Waals surface area contributed by atoms with E-state index in [0.717, 1.165) is 25.1 Å². The molecule has 1 heterocycles. The van der Waals surface area contributed by atoms with Crippen LogP contribution in [0.5, 0.6) is 0 Å². The van der Waals surface area contributed by atoms with Gasteiger partial charge in [0.1, 0.15) is 5.82 Å². The Morgan fingerprint density at radius 1 is 1.29 bits per heavy atom. The third-order valence-corrected chi connectivity index (χ3v) is 2.91. The van der Waals surface area contributed by atoms with Crippen LogP contribution >= 0.6 is 0 Å². The first kappa shape index (κ1) is 9.55. The van der Waals surface area contributed by atoms with Crippen molar-refractivity contribution in [3.8, 4) is 0 Å². The molecule has 0 aromatic carbocycles. The van der Waals surface area contributed by atoms with Crippen LogP contribution in [0.2, 0.25) is 0 Å². The lowest BCUT2D eigenvalue weighted by atomic mass is 9.98. The van der Waals surface area contributed by atoms with Crippen LogP contribution in [0.4, 0.5) is 0 Å². The SMILES string of the molecule is NC(c1ncccn1)[C@H]1CC[C@@H](N)C1. The van der Waals surface area contributed by atoms with Crippen molar-refractivity contribution in [3.05, 3.63) is 24.3 Å². The number of hydrogen-bond donors (Lipinski definition) is 2. The molecule has 76 valence electrons. The van der Waals surface area contributed by atoms with Crippen molar-refractivity contribution in [2.24, 2.45) is 17.4 Å². The Morgan fingerprint density at radius 2 is 2.00 bits per heavy atom. The minimum atomic E-state index is -0.0512. The number of rotatable bonds is 2. The highest BCUT2D eigenvalue weighted by molar-refractivity contribution is 4.99. The van der Waals surface area contributed by atoms with Crippen LogP contribution in [0.15, 0.2) is 18.5 Å². The molecule has 1 saturated carbocycles. The van der Waals surface area contributed by atoms with E-state index >= 15 is 0 Å². The maximum atomic E-state index is 6.08. The second kappa shape index (κ2) is 4.02. The molecule has 1 aromatic rings. The van der Waals surface area contributed by atoms with E-state index in [4.69, 9.17) is 11.5 Å². The van der Waals surface area contributed by atoms with Crippen molar-refractivity contribution in [2.45, 2.75) is 31.3 Å². The van der Waals surface area contributed by atoms with Gasteiger partial charge in [-0.25, -0.2) is 9.97 Å². The average Bonchev–Trinajstić information content (AvgIpc) is 2.65. The van der Waals surface area contributed by atoms with Gasteiger partial charge in [0.05, 0.1) is 6.04 Å². The highest BCUT2D eigenvalue weighted by Gasteiger charge is 2.28. The molecule has 4 N–H and O–H groups in total. The van der Waals surface area contributed by atoms with Crippen molar-refractivity contribution in [2.75, 3.05) is 0 Å². The monoisotopic (exact) mass is 192 g/mol. The van der Waals surface area contributed by atoms with Crippen LogP contribution < -0.4 is 11.5 Å². The molecule has 0 bridgehead atoms. The Hall–Kier alpha value is -1.00. The van der Waals surface area contributed by atoms with Gasteiger partial charge < -0.3 is 11.5 Å². The van der Waals surface area contributed by atoms with Crippen LogP contribution in [0.1, 0.15) is 31.1 Å². The van der Waals surface area contributed by atoms with Gasteiger partial charge in [-0.15, -0.1) is 0 Å². The molecule has 1 aliphatic rings. The first-order valence-electron chi connectivity index (χ1n) is 5.05. The lowest BCUT2D eigenvalue weighted by molar-refractivity contribution is 0.422. The summed E-state index contributed by atoms with van der Waals surface area (Å²) >= 11 is 0. The van der Waals surface area contributed by atoms with Gasteiger partial charge in [0.25, 0.3) is 0 Å².